The number of hydrogen-bond acceptors (Lipinski definition) is 4. The molecule has 1 saturated heterocycles. The number of carbonyl (C=O) groups excluding carboxylic acids is 1. The minimum atomic E-state index is -0.125. The SMILES string of the molecule is C[C@H]1[C@H]2[C@H](C[C@H]3[C@@H]4CC=C5C[C@H](O)CC[C@]5(C)[C@H]4CC[C@]23C)O[C@@H]1CCC(C=O)CN. The minimum absolute atomic E-state index is 0.0204. The van der Waals surface area contributed by atoms with Crippen LogP contribution in [0.3, 0.4) is 0 Å². The van der Waals surface area contributed by atoms with Crippen molar-refractivity contribution in [3.05, 3.63) is 11.6 Å². The third kappa shape index (κ3) is 3.30. The van der Waals surface area contributed by atoms with Gasteiger partial charge in [-0.1, -0.05) is 32.4 Å². The van der Waals surface area contributed by atoms with Gasteiger partial charge in [0.2, 0.25) is 0 Å². The standard InChI is InChI=1S/C27H43NO3/c1-16-23(7-4-17(14-28)15-29)31-24-13-22-20-6-5-18-12-19(30)8-10-26(18,2)21(20)9-11-27(22,3)25(16)24/h5,15-17,19-25,30H,4,6-14,28H2,1-3H3/t16-,17?,19-,20-,21+,22+,23-,24+,25+,26+,27+/m1/s1. The van der Waals surface area contributed by atoms with Gasteiger partial charge in [-0.05, 0) is 98.2 Å². The summed E-state index contributed by atoms with van der Waals surface area (Å²) in [5.74, 6) is 3.52. The van der Waals surface area contributed by atoms with E-state index in [2.05, 4.69) is 26.8 Å². The lowest BCUT2D eigenvalue weighted by Gasteiger charge is -2.58. The van der Waals surface area contributed by atoms with Crippen molar-refractivity contribution >= 4 is 6.29 Å². The normalized spacial score (nSPS) is 51.8. The summed E-state index contributed by atoms with van der Waals surface area (Å²) in [6.45, 7) is 7.96. The van der Waals surface area contributed by atoms with Crippen LogP contribution >= 0.6 is 0 Å². The largest absolute Gasteiger partial charge is 0.393 e. The molecule has 0 spiro atoms. The van der Waals surface area contributed by atoms with Crippen LogP contribution in [0.5, 0.6) is 0 Å². The molecule has 1 heterocycles. The number of aliphatic hydroxyl groups is 1. The number of aliphatic hydroxyl groups excluding tert-OH is 1. The first-order valence-electron chi connectivity index (χ1n) is 13.0. The van der Waals surface area contributed by atoms with Gasteiger partial charge in [-0.15, -0.1) is 0 Å². The molecule has 0 aromatic carbocycles. The zero-order valence-electron chi connectivity index (χ0n) is 19.8. The summed E-state index contributed by atoms with van der Waals surface area (Å²) in [4.78, 5) is 11.2. The molecule has 0 aromatic rings. The molecule has 4 nitrogen and oxygen atoms in total. The fourth-order valence-corrected chi connectivity index (χ4v) is 9.28. The van der Waals surface area contributed by atoms with Crippen molar-refractivity contribution in [1.82, 2.24) is 0 Å². The Morgan fingerprint density at radius 2 is 2.10 bits per heavy atom. The van der Waals surface area contributed by atoms with Crippen LogP contribution in [0.2, 0.25) is 0 Å². The Labute approximate surface area is 188 Å². The highest BCUT2D eigenvalue weighted by atomic mass is 16.5. The molecule has 3 saturated carbocycles. The third-order valence-electron chi connectivity index (χ3n) is 11.0. The topological polar surface area (TPSA) is 72.5 Å². The van der Waals surface area contributed by atoms with Crippen molar-refractivity contribution in [2.24, 2.45) is 52.1 Å². The van der Waals surface area contributed by atoms with Gasteiger partial charge in [0.1, 0.15) is 6.29 Å². The summed E-state index contributed by atoms with van der Waals surface area (Å²) in [5.41, 5.74) is 7.99. The van der Waals surface area contributed by atoms with Crippen LogP contribution in [-0.2, 0) is 9.53 Å². The Balaban J connectivity index is 1.33. The van der Waals surface area contributed by atoms with Crippen LogP contribution in [-0.4, -0.2) is 36.2 Å². The van der Waals surface area contributed by atoms with Crippen molar-refractivity contribution < 1.29 is 14.6 Å². The van der Waals surface area contributed by atoms with Gasteiger partial charge in [0.15, 0.2) is 0 Å². The van der Waals surface area contributed by atoms with Crippen LogP contribution < -0.4 is 5.73 Å². The van der Waals surface area contributed by atoms with E-state index in [0.29, 0.717) is 35.3 Å². The van der Waals surface area contributed by atoms with Crippen LogP contribution in [0.1, 0.15) is 78.6 Å². The molecule has 0 aromatic heterocycles. The third-order valence-corrected chi connectivity index (χ3v) is 11.0. The van der Waals surface area contributed by atoms with E-state index in [9.17, 15) is 9.90 Å². The van der Waals surface area contributed by atoms with Gasteiger partial charge >= 0.3 is 0 Å². The highest BCUT2D eigenvalue weighted by molar-refractivity contribution is 5.53. The molecule has 0 amide bonds. The molecule has 11 atom stereocenters. The Morgan fingerprint density at radius 1 is 1.29 bits per heavy atom. The Bertz CT molecular complexity index is 736. The zero-order chi connectivity index (χ0) is 22.0. The summed E-state index contributed by atoms with van der Waals surface area (Å²) in [7, 11) is 0. The predicted molar refractivity (Wildman–Crippen MR) is 122 cm³/mol. The van der Waals surface area contributed by atoms with Crippen LogP contribution in [0, 0.1) is 46.3 Å². The summed E-state index contributed by atoms with van der Waals surface area (Å²) in [6, 6.07) is 0. The second-order valence-electron chi connectivity index (χ2n) is 12.2. The lowest BCUT2D eigenvalue weighted by atomic mass is 9.47. The number of carbonyl (C=O) groups is 1. The van der Waals surface area contributed by atoms with E-state index in [1.807, 2.05) is 0 Å². The maximum Gasteiger partial charge on any atom is 0.124 e. The number of allylic oxidation sites excluding steroid dienone is 1. The van der Waals surface area contributed by atoms with Crippen LogP contribution in [0.4, 0.5) is 0 Å². The maximum absolute atomic E-state index is 11.2. The minimum Gasteiger partial charge on any atom is -0.393 e. The van der Waals surface area contributed by atoms with Gasteiger partial charge in [-0.25, -0.2) is 0 Å². The van der Waals surface area contributed by atoms with Gasteiger partial charge in [0.05, 0.1) is 18.3 Å². The number of hydrogen-bond donors (Lipinski definition) is 2. The van der Waals surface area contributed by atoms with Crippen molar-refractivity contribution in [2.45, 2.75) is 96.9 Å². The van der Waals surface area contributed by atoms with Crippen molar-refractivity contribution in [1.29, 1.82) is 0 Å². The van der Waals surface area contributed by atoms with Gasteiger partial charge in [0, 0.05) is 12.5 Å². The molecule has 4 heteroatoms. The number of fused-ring (bicyclic) bond motifs is 7. The molecule has 4 aliphatic carbocycles. The first-order valence-corrected chi connectivity index (χ1v) is 13.0. The van der Waals surface area contributed by atoms with Crippen molar-refractivity contribution in [3.8, 4) is 0 Å². The molecule has 1 aliphatic heterocycles. The second-order valence-corrected chi connectivity index (χ2v) is 12.2. The molecule has 5 rings (SSSR count). The van der Waals surface area contributed by atoms with Crippen molar-refractivity contribution in [3.63, 3.8) is 0 Å². The van der Waals surface area contributed by atoms with E-state index >= 15 is 0 Å². The lowest BCUT2D eigenvalue weighted by molar-refractivity contribution is -0.111. The fourth-order valence-electron chi connectivity index (χ4n) is 9.28. The zero-order valence-corrected chi connectivity index (χ0v) is 19.8. The molecule has 174 valence electrons. The van der Waals surface area contributed by atoms with Crippen molar-refractivity contribution in [2.75, 3.05) is 6.54 Å². The van der Waals surface area contributed by atoms with Crippen LogP contribution in [0.25, 0.3) is 0 Å². The number of ether oxygens (including phenoxy) is 1. The molecule has 31 heavy (non-hydrogen) atoms. The summed E-state index contributed by atoms with van der Waals surface area (Å²) in [6.07, 6.45) is 14.1. The number of aldehydes is 1. The van der Waals surface area contributed by atoms with E-state index in [0.717, 1.165) is 56.1 Å². The number of nitrogens with two attached hydrogens (primary N) is 1. The molecule has 1 unspecified atom stereocenters. The molecular formula is C27H43NO3. The lowest BCUT2D eigenvalue weighted by Crippen LogP contribution is -2.51. The molecule has 0 bridgehead atoms. The van der Waals surface area contributed by atoms with E-state index < -0.39 is 0 Å². The van der Waals surface area contributed by atoms with Gasteiger partial charge in [-0.3, -0.25) is 0 Å². The predicted octanol–water partition coefficient (Wildman–Crippen LogP) is 4.49. The monoisotopic (exact) mass is 429 g/mol. The highest BCUT2D eigenvalue weighted by Crippen LogP contribution is 2.69. The summed E-state index contributed by atoms with van der Waals surface area (Å²) in [5, 5.41) is 10.2. The Kier molecular flexibility index (Phi) is 5.67. The molecular weight excluding hydrogens is 386 g/mol. The molecule has 5 aliphatic rings. The van der Waals surface area contributed by atoms with E-state index in [1.165, 1.54) is 25.7 Å². The summed E-state index contributed by atoms with van der Waals surface area (Å²) >= 11 is 0. The molecule has 3 N–H and O–H groups in total. The average Bonchev–Trinajstić information content (AvgIpc) is 3.23. The quantitative estimate of drug-likeness (QED) is 0.499. The first-order chi connectivity index (χ1) is 14.8. The van der Waals surface area contributed by atoms with Gasteiger partial charge in [0.25, 0.3) is 0 Å². The van der Waals surface area contributed by atoms with E-state index in [-0.39, 0.29) is 18.1 Å². The highest BCUT2D eigenvalue weighted by Gasteiger charge is 2.64. The molecule has 0 radical (unpaired) electrons. The van der Waals surface area contributed by atoms with Gasteiger partial charge < -0.3 is 20.4 Å². The molecule has 4 fully saturated rings. The first kappa shape index (κ1) is 22.1. The Hall–Kier alpha value is -0.710. The Morgan fingerprint density at radius 3 is 2.84 bits per heavy atom. The fraction of sp³-hybridized carbons (Fsp3) is 0.889. The smallest absolute Gasteiger partial charge is 0.124 e. The van der Waals surface area contributed by atoms with Gasteiger partial charge in [-0.2, -0.15) is 0 Å². The number of rotatable bonds is 5. The van der Waals surface area contributed by atoms with E-state index in [4.69, 9.17) is 10.5 Å². The average molecular weight is 430 g/mol. The summed E-state index contributed by atoms with van der Waals surface area (Å²) < 4.78 is 6.71. The second kappa shape index (κ2) is 7.95. The van der Waals surface area contributed by atoms with Crippen LogP contribution in [0.15, 0.2) is 11.6 Å². The van der Waals surface area contributed by atoms with E-state index in [1.54, 1.807) is 5.57 Å². The maximum atomic E-state index is 11.2.